The predicted octanol–water partition coefficient (Wildman–Crippen LogP) is 3.58. The molecule has 0 bridgehead atoms. The molecule has 0 saturated heterocycles. The van der Waals surface area contributed by atoms with Gasteiger partial charge < -0.3 is 9.52 Å². The molecule has 0 saturated carbocycles. The number of aliphatic hydroxyl groups excluding tert-OH is 1. The van der Waals surface area contributed by atoms with Crippen molar-refractivity contribution in [3.05, 3.63) is 58.5 Å². The van der Waals surface area contributed by atoms with Crippen LogP contribution in [0.25, 0.3) is 0 Å². The molecule has 0 amide bonds. The molecule has 3 heteroatoms. The molecule has 0 aliphatic heterocycles. The summed E-state index contributed by atoms with van der Waals surface area (Å²) in [7, 11) is 0. The van der Waals surface area contributed by atoms with Crippen molar-refractivity contribution in [1.29, 1.82) is 0 Å². The Morgan fingerprint density at radius 2 is 1.88 bits per heavy atom. The van der Waals surface area contributed by atoms with Crippen molar-refractivity contribution < 1.29 is 9.52 Å². The minimum atomic E-state index is -0.724. The monoisotopic (exact) mass is 236 g/mol. The molecule has 0 spiro atoms. The Morgan fingerprint density at radius 3 is 2.44 bits per heavy atom. The summed E-state index contributed by atoms with van der Waals surface area (Å²) < 4.78 is 5.50. The molecule has 2 aromatic rings. The van der Waals surface area contributed by atoms with E-state index >= 15 is 0 Å². The van der Waals surface area contributed by atoms with Gasteiger partial charge in [-0.05, 0) is 29.8 Å². The largest absolute Gasteiger partial charge is 0.463 e. The molecule has 2 rings (SSSR count). The molecule has 84 valence electrons. The van der Waals surface area contributed by atoms with E-state index in [0.717, 1.165) is 17.7 Å². The molecule has 1 aromatic heterocycles. The van der Waals surface area contributed by atoms with Crippen molar-refractivity contribution in [3.8, 4) is 0 Å². The Morgan fingerprint density at radius 1 is 1.19 bits per heavy atom. The van der Waals surface area contributed by atoms with Crippen LogP contribution in [0.15, 0.2) is 40.8 Å². The maximum Gasteiger partial charge on any atom is 0.137 e. The predicted molar refractivity (Wildman–Crippen MR) is 63.6 cm³/mol. The average molecular weight is 237 g/mol. The first-order valence-electron chi connectivity index (χ1n) is 5.23. The van der Waals surface area contributed by atoms with Gasteiger partial charge in [0.1, 0.15) is 17.6 Å². The second-order valence-corrected chi connectivity index (χ2v) is 4.05. The lowest BCUT2D eigenvalue weighted by Crippen LogP contribution is -1.97. The zero-order valence-electron chi connectivity index (χ0n) is 8.98. The highest BCUT2D eigenvalue weighted by atomic mass is 35.5. The number of hydrogen-bond acceptors (Lipinski definition) is 2. The Bertz CT molecular complexity index is 459. The highest BCUT2D eigenvalue weighted by Gasteiger charge is 2.14. The van der Waals surface area contributed by atoms with E-state index in [0.29, 0.717) is 10.8 Å². The molecule has 0 fully saturated rings. The quantitative estimate of drug-likeness (QED) is 0.884. The Labute approximate surface area is 99.5 Å². The van der Waals surface area contributed by atoms with Crippen LogP contribution < -0.4 is 0 Å². The normalized spacial score (nSPS) is 12.7. The van der Waals surface area contributed by atoms with Crippen LogP contribution in [0.1, 0.15) is 30.1 Å². The van der Waals surface area contributed by atoms with Gasteiger partial charge in [-0.3, -0.25) is 0 Å². The Kier molecular flexibility index (Phi) is 3.32. The number of aliphatic hydroxyl groups is 1. The van der Waals surface area contributed by atoms with Crippen LogP contribution in [-0.4, -0.2) is 5.11 Å². The molecule has 1 N–H and O–H groups in total. The van der Waals surface area contributed by atoms with Crippen molar-refractivity contribution in [2.24, 2.45) is 0 Å². The summed E-state index contributed by atoms with van der Waals surface area (Å²) in [5, 5.41) is 10.7. The van der Waals surface area contributed by atoms with Crippen LogP contribution in [-0.2, 0) is 6.42 Å². The molecular weight excluding hydrogens is 224 g/mol. The van der Waals surface area contributed by atoms with E-state index < -0.39 is 6.10 Å². The van der Waals surface area contributed by atoms with E-state index in [-0.39, 0.29) is 0 Å². The highest BCUT2D eigenvalue weighted by Crippen LogP contribution is 2.25. The molecule has 1 aromatic carbocycles. The highest BCUT2D eigenvalue weighted by molar-refractivity contribution is 6.30. The number of furan rings is 1. The first kappa shape index (κ1) is 11.2. The molecule has 0 aliphatic carbocycles. The van der Waals surface area contributed by atoms with Crippen LogP contribution in [0.2, 0.25) is 5.02 Å². The van der Waals surface area contributed by atoms with E-state index in [1.807, 2.05) is 13.0 Å². The summed E-state index contributed by atoms with van der Waals surface area (Å²) in [5.74, 6) is 1.45. The van der Waals surface area contributed by atoms with Crippen LogP contribution >= 0.6 is 11.6 Å². The van der Waals surface area contributed by atoms with Gasteiger partial charge in [-0.1, -0.05) is 30.7 Å². The van der Waals surface area contributed by atoms with E-state index in [1.54, 1.807) is 30.3 Å². The van der Waals surface area contributed by atoms with Crippen molar-refractivity contribution in [1.82, 2.24) is 0 Å². The van der Waals surface area contributed by atoms with E-state index in [2.05, 4.69) is 0 Å². The molecular formula is C13H13ClO2. The van der Waals surface area contributed by atoms with Crippen LogP contribution in [0, 0.1) is 0 Å². The summed E-state index contributed by atoms with van der Waals surface area (Å²) in [6, 6.07) is 10.8. The van der Waals surface area contributed by atoms with Crippen molar-refractivity contribution in [2.45, 2.75) is 19.4 Å². The van der Waals surface area contributed by atoms with Gasteiger partial charge in [-0.15, -0.1) is 0 Å². The fourth-order valence-electron chi connectivity index (χ4n) is 1.54. The summed E-state index contributed by atoms with van der Waals surface area (Å²) in [5.41, 5.74) is 0.779. The minimum absolute atomic E-state index is 0.569. The minimum Gasteiger partial charge on any atom is -0.463 e. The molecule has 1 heterocycles. The van der Waals surface area contributed by atoms with Crippen LogP contribution in [0.3, 0.4) is 0 Å². The maximum atomic E-state index is 10.1. The SMILES string of the molecule is CCc1ccc(C(O)c2ccc(Cl)cc2)o1. The second-order valence-electron chi connectivity index (χ2n) is 3.61. The fourth-order valence-corrected chi connectivity index (χ4v) is 1.67. The van der Waals surface area contributed by atoms with Gasteiger partial charge >= 0.3 is 0 Å². The van der Waals surface area contributed by atoms with E-state index in [9.17, 15) is 5.11 Å². The number of benzene rings is 1. The first-order chi connectivity index (χ1) is 7.70. The number of aryl methyl sites for hydroxylation is 1. The smallest absolute Gasteiger partial charge is 0.137 e. The third kappa shape index (κ3) is 2.29. The lowest BCUT2D eigenvalue weighted by Gasteiger charge is -2.07. The second kappa shape index (κ2) is 4.73. The Hall–Kier alpha value is -1.25. The number of hydrogen-bond donors (Lipinski definition) is 1. The molecule has 2 nitrogen and oxygen atoms in total. The summed E-state index contributed by atoms with van der Waals surface area (Å²) in [6.07, 6.45) is 0.102. The third-order valence-electron chi connectivity index (χ3n) is 2.49. The summed E-state index contributed by atoms with van der Waals surface area (Å²) >= 11 is 5.78. The average Bonchev–Trinajstić information content (AvgIpc) is 2.77. The van der Waals surface area contributed by atoms with E-state index in [1.165, 1.54) is 0 Å². The molecule has 1 atom stereocenters. The van der Waals surface area contributed by atoms with Gasteiger partial charge in [0.15, 0.2) is 0 Å². The third-order valence-corrected chi connectivity index (χ3v) is 2.74. The lowest BCUT2D eigenvalue weighted by atomic mass is 10.1. The van der Waals surface area contributed by atoms with Crippen molar-refractivity contribution in [2.75, 3.05) is 0 Å². The molecule has 1 unspecified atom stereocenters. The molecule has 0 aliphatic rings. The van der Waals surface area contributed by atoms with Crippen molar-refractivity contribution >= 4 is 11.6 Å². The summed E-state index contributed by atoms with van der Waals surface area (Å²) in [6.45, 7) is 2.01. The van der Waals surface area contributed by atoms with Gasteiger partial charge in [0.05, 0.1) is 0 Å². The Balaban J connectivity index is 2.24. The van der Waals surface area contributed by atoms with Crippen molar-refractivity contribution in [3.63, 3.8) is 0 Å². The van der Waals surface area contributed by atoms with Gasteiger partial charge in [-0.2, -0.15) is 0 Å². The topological polar surface area (TPSA) is 33.4 Å². The summed E-state index contributed by atoms with van der Waals surface area (Å²) in [4.78, 5) is 0. The number of rotatable bonds is 3. The first-order valence-corrected chi connectivity index (χ1v) is 5.60. The van der Waals surface area contributed by atoms with Gasteiger partial charge in [0, 0.05) is 11.4 Å². The zero-order valence-corrected chi connectivity index (χ0v) is 9.74. The van der Waals surface area contributed by atoms with E-state index in [4.69, 9.17) is 16.0 Å². The maximum absolute atomic E-state index is 10.1. The zero-order chi connectivity index (χ0) is 11.5. The number of halogens is 1. The van der Waals surface area contributed by atoms with Crippen LogP contribution in [0.5, 0.6) is 0 Å². The van der Waals surface area contributed by atoms with Gasteiger partial charge in [0.25, 0.3) is 0 Å². The molecule has 16 heavy (non-hydrogen) atoms. The van der Waals surface area contributed by atoms with Crippen LogP contribution in [0.4, 0.5) is 0 Å². The lowest BCUT2D eigenvalue weighted by molar-refractivity contribution is 0.187. The van der Waals surface area contributed by atoms with Gasteiger partial charge in [-0.25, -0.2) is 0 Å². The van der Waals surface area contributed by atoms with Gasteiger partial charge in [0.2, 0.25) is 0 Å². The molecule has 0 radical (unpaired) electrons. The fraction of sp³-hybridized carbons (Fsp3) is 0.231. The standard InChI is InChI=1S/C13H13ClO2/c1-2-11-7-8-12(16-11)13(15)9-3-5-10(14)6-4-9/h3-8,13,15H,2H2,1H3.